The smallest absolute Gasteiger partial charge is 0.329 e. The second-order valence-electron chi connectivity index (χ2n) is 18.3. The number of anilines is 3. The molecule has 0 radical (unpaired) electrons. The van der Waals surface area contributed by atoms with Crippen molar-refractivity contribution in [1.82, 2.24) is 43.7 Å². The van der Waals surface area contributed by atoms with Gasteiger partial charge in [0.1, 0.15) is 17.4 Å². The fourth-order valence-electron chi connectivity index (χ4n) is 10.4. The zero-order chi connectivity index (χ0) is 44.5. The number of halogens is 4. The average Bonchev–Trinajstić information content (AvgIpc) is 4.01. The van der Waals surface area contributed by atoms with Crippen molar-refractivity contribution in [2.75, 3.05) is 48.3 Å². The van der Waals surface area contributed by atoms with Gasteiger partial charge in [-0.3, -0.25) is 38.4 Å². The minimum Gasteiger partial charge on any atom is -0.364 e. The summed E-state index contributed by atoms with van der Waals surface area (Å²) in [4.78, 5) is 61.8. The van der Waals surface area contributed by atoms with E-state index in [9.17, 15) is 28.0 Å². The lowest BCUT2D eigenvalue weighted by Gasteiger charge is -2.44. The Morgan fingerprint density at radius 1 is 1.05 bits per heavy atom. The van der Waals surface area contributed by atoms with Crippen LogP contribution in [-0.2, 0) is 16.6 Å². The third-order valence-electron chi connectivity index (χ3n) is 13.8. The molecule has 2 N–H and O–H groups in total. The molecule has 9 rings (SSSR count). The molecule has 4 fully saturated rings. The number of imidazole rings is 1. The van der Waals surface area contributed by atoms with Crippen molar-refractivity contribution >= 4 is 51.6 Å². The number of fused-ring (bicyclic) bond motifs is 2. The van der Waals surface area contributed by atoms with E-state index in [0.717, 1.165) is 19.4 Å². The summed E-state index contributed by atoms with van der Waals surface area (Å²) in [6.45, 7) is 5.28. The van der Waals surface area contributed by atoms with E-state index in [1.807, 2.05) is 6.07 Å². The molecule has 5 aromatic rings. The van der Waals surface area contributed by atoms with Crippen molar-refractivity contribution in [3.05, 3.63) is 64.6 Å². The number of nitrogens with one attached hydrogen (secondary N) is 2. The number of aromatic nitrogens is 7. The predicted octanol–water partition coefficient (Wildman–Crippen LogP) is 5.70. The molecular formula is C43H52F4N12O4. The third kappa shape index (κ3) is 7.73. The Balaban J connectivity index is 0.831. The zero-order valence-corrected chi connectivity index (χ0v) is 35.7. The Kier molecular flexibility index (Phi) is 10.9. The highest BCUT2D eigenvalue weighted by atomic mass is 19.3. The number of aryl methyl sites for hydroxylation is 1. The van der Waals surface area contributed by atoms with E-state index in [1.54, 1.807) is 48.3 Å². The molecule has 2 atom stereocenters. The summed E-state index contributed by atoms with van der Waals surface area (Å²) >= 11 is 0. The molecule has 2 unspecified atom stereocenters. The van der Waals surface area contributed by atoms with Crippen LogP contribution < -0.4 is 26.1 Å². The van der Waals surface area contributed by atoms with Crippen LogP contribution in [0.4, 0.5) is 34.8 Å². The number of hydrogen-bond donors (Lipinski definition) is 2. The summed E-state index contributed by atoms with van der Waals surface area (Å²) in [5.74, 6) is -3.90. The average molecular weight is 877 g/mol. The molecule has 16 nitrogen and oxygen atoms in total. The summed E-state index contributed by atoms with van der Waals surface area (Å²) in [7, 11) is 3.27. The summed E-state index contributed by atoms with van der Waals surface area (Å²) < 4.78 is 66.7. The highest BCUT2D eigenvalue weighted by Crippen LogP contribution is 2.40. The Hall–Kier alpha value is -5.79. The Morgan fingerprint density at radius 3 is 2.52 bits per heavy atom. The van der Waals surface area contributed by atoms with Gasteiger partial charge in [-0.25, -0.2) is 31.9 Å². The van der Waals surface area contributed by atoms with Gasteiger partial charge in [-0.15, -0.1) is 0 Å². The second-order valence-corrected chi connectivity index (χ2v) is 18.3. The molecule has 63 heavy (non-hydrogen) atoms. The monoisotopic (exact) mass is 876 g/mol. The summed E-state index contributed by atoms with van der Waals surface area (Å²) in [6.07, 6.45) is 6.60. The lowest BCUT2D eigenvalue weighted by atomic mass is 9.85. The minimum absolute atomic E-state index is 0.0887. The Morgan fingerprint density at radius 2 is 1.83 bits per heavy atom. The highest BCUT2D eigenvalue weighted by Gasteiger charge is 2.48. The summed E-state index contributed by atoms with van der Waals surface area (Å²) in [6, 6.07) is 4.79. The number of benzene rings is 1. The number of carbonyl (C=O) groups excluding carboxylic acids is 3. The van der Waals surface area contributed by atoms with Crippen molar-refractivity contribution in [2.45, 2.75) is 108 Å². The van der Waals surface area contributed by atoms with Crippen molar-refractivity contribution < 1.29 is 31.9 Å². The SMILES string of the molecule is CN(C[C@H]1CC[C@H](n2cc(NC(=O)c3cnn4ccc(N5CCCC5(C)C)nc34)c(C(F)F)n2)CC1)C1CCN(c2cccc3c2n(C)c(=O)n3C2CCC(=O)NC2=O)CC1(F)F. The summed E-state index contributed by atoms with van der Waals surface area (Å²) in [5.41, 5.74) is 0.619. The van der Waals surface area contributed by atoms with E-state index in [0.29, 0.717) is 67.0 Å². The van der Waals surface area contributed by atoms with Crippen LogP contribution >= 0.6 is 0 Å². The first-order valence-corrected chi connectivity index (χ1v) is 21.7. The molecule has 336 valence electrons. The van der Waals surface area contributed by atoms with Crippen LogP contribution in [0.25, 0.3) is 16.7 Å². The van der Waals surface area contributed by atoms with Gasteiger partial charge in [0.2, 0.25) is 11.8 Å². The fourth-order valence-corrected chi connectivity index (χ4v) is 10.4. The molecule has 3 aliphatic heterocycles. The molecular weight excluding hydrogens is 825 g/mol. The van der Waals surface area contributed by atoms with Crippen LogP contribution in [0, 0.1) is 5.92 Å². The number of amides is 3. The first-order chi connectivity index (χ1) is 30.0. The van der Waals surface area contributed by atoms with E-state index >= 15 is 8.78 Å². The molecule has 7 heterocycles. The number of para-hydroxylation sites is 1. The van der Waals surface area contributed by atoms with Crippen LogP contribution in [-0.4, -0.2) is 107 Å². The normalized spacial score (nSPS) is 24.0. The first kappa shape index (κ1) is 42.5. The van der Waals surface area contributed by atoms with Gasteiger partial charge >= 0.3 is 5.69 Å². The zero-order valence-electron chi connectivity index (χ0n) is 35.7. The number of alkyl halides is 4. The molecule has 1 aliphatic carbocycles. The van der Waals surface area contributed by atoms with Crippen molar-refractivity contribution in [2.24, 2.45) is 13.0 Å². The molecule has 4 aromatic heterocycles. The Bertz CT molecular complexity index is 2640. The van der Waals surface area contributed by atoms with E-state index in [1.165, 1.54) is 30.7 Å². The molecule has 1 saturated carbocycles. The van der Waals surface area contributed by atoms with E-state index in [-0.39, 0.29) is 48.0 Å². The van der Waals surface area contributed by atoms with Crippen LogP contribution in [0.3, 0.4) is 0 Å². The van der Waals surface area contributed by atoms with Gasteiger partial charge in [0.25, 0.3) is 18.3 Å². The van der Waals surface area contributed by atoms with Crippen LogP contribution in [0.1, 0.15) is 106 Å². The lowest BCUT2D eigenvalue weighted by Crippen LogP contribution is -2.58. The first-order valence-electron chi connectivity index (χ1n) is 21.7. The Labute approximate surface area is 360 Å². The number of hydrogen-bond acceptors (Lipinski definition) is 10. The van der Waals surface area contributed by atoms with Gasteiger partial charge in [-0.2, -0.15) is 10.2 Å². The maximum Gasteiger partial charge on any atom is 0.329 e. The van der Waals surface area contributed by atoms with Crippen LogP contribution in [0.15, 0.2) is 47.7 Å². The molecule has 0 bridgehead atoms. The van der Waals surface area contributed by atoms with Gasteiger partial charge in [0, 0.05) is 51.0 Å². The molecule has 4 aliphatic rings. The van der Waals surface area contributed by atoms with Crippen LogP contribution in [0.5, 0.6) is 0 Å². The number of carbonyl (C=O) groups is 3. The second kappa shape index (κ2) is 16.1. The van der Waals surface area contributed by atoms with E-state index in [2.05, 4.69) is 39.6 Å². The van der Waals surface area contributed by atoms with Gasteiger partial charge in [0.05, 0.1) is 47.2 Å². The highest BCUT2D eigenvalue weighted by molar-refractivity contribution is 6.08. The van der Waals surface area contributed by atoms with E-state index < -0.39 is 60.1 Å². The van der Waals surface area contributed by atoms with Crippen molar-refractivity contribution in [3.8, 4) is 0 Å². The molecule has 3 saturated heterocycles. The lowest BCUT2D eigenvalue weighted by molar-refractivity contribution is -0.135. The largest absolute Gasteiger partial charge is 0.364 e. The summed E-state index contributed by atoms with van der Waals surface area (Å²) in [5, 5.41) is 13.4. The fraction of sp³-hybridized carbons (Fsp3) is 0.558. The van der Waals surface area contributed by atoms with Gasteiger partial charge in [-0.05, 0) is 96.4 Å². The molecule has 20 heteroatoms. The molecule has 0 spiro atoms. The van der Waals surface area contributed by atoms with Gasteiger partial charge in [-0.1, -0.05) is 6.07 Å². The van der Waals surface area contributed by atoms with Gasteiger partial charge in [0.15, 0.2) is 11.3 Å². The molecule has 3 amide bonds. The van der Waals surface area contributed by atoms with Crippen LogP contribution in [0.2, 0.25) is 0 Å². The van der Waals surface area contributed by atoms with Gasteiger partial charge < -0.3 is 15.1 Å². The molecule has 1 aromatic carbocycles. The van der Waals surface area contributed by atoms with E-state index in [4.69, 9.17) is 4.98 Å². The van der Waals surface area contributed by atoms with Crippen molar-refractivity contribution in [3.63, 3.8) is 0 Å². The number of rotatable bonds is 10. The maximum absolute atomic E-state index is 16.2. The van der Waals surface area contributed by atoms with Crippen molar-refractivity contribution in [1.29, 1.82) is 0 Å². The third-order valence-corrected chi connectivity index (χ3v) is 13.8. The number of imide groups is 1. The maximum atomic E-state index is 16.2. The number of piperidine rings is 2. The topological polar surface area (TPSA) is 160 Å². The standard InChI is InChI=1S/C43H52F4N12O4/c1-42(2)17-6-18-56(42)33-16-20-57-38(50-33)27(21-48-57)39(61)49-28-23-58(52-35(28)37(44)45)26-11-9-25(10-12-26)22-53(3)32-15-19-55(24-43(32,46)47)29-7-5-8-30-36(29)54(4)41(63)59(30)31-13-14-34(60)51-40(31)62/h5,7-8,16,20-21,23,25-26,31-32,37H,6,9-15,17-19,22,24H2,1-4H3,(H,49,61)(H,51,60,62)/t25-,26-,31?,32?. The quantitative estimate of drug-likeness (QED) is 0.132. The predicted molar refractivity (Wildman–Crippen MR) is 227 cm³/mol. The minimum atomic E-state index is -3.11. The number of nitrogens with zero attached hydrogens (tertiary/aromatic N) is 10.